The summed E-state index contributed by atoms with van der Waals surface area (Å²) in [6, 6.07) is 1.75. The van der Waals surface area contributed by atoms with Crippen molar-refractivity contribution < 1.29 is 44.4 Å². The molecule has 2 aromatic rings. The Morgan fingerprint density at radius 3 is 2.46 bits per heavy atom. The first-order valence-corrected chi connectivity index (χ1v) is 8.91. The van der Waals surface area contributed by atoms with Crippen molar-refractivity contribution in [3.05, 3.63) is 47.0 Å². The maximum absolute atomic E-state index is 13.9. The van der Waals surface area contributed by atoms with E-state index < -0.39 is 69.4 Å². The highest BCUT2D eigenvalue weighted by Crippen LogP contribution is 2.46. The molecular weight excluding hydrogens is 422 g/mol. The Labute approximate surface area is 155 Å². The molecule has 0 radical (unpaired) electrons. The van der Waals surface area contributed by atoms with Gasteiger partial charge in [0.1, 0.15) is 22.7 Å². The maximum atomic E-state index is 13.9. The standard InChI is InChI=1S/C16H11F8NO2S/c17-9-2-1-7(5-8(9)16(22,23)24)25-6-11(28(27)14(18)19)12-10(25)3-4-15(20,21)13(12)26/h1-2,5-6,13-14,26H,3-4H2/t13-,28-/m0/s1. The van der Waals surface area contributed by atoms with Gasteiger partial charge in [0.2, 0.25) is 0 Å². The Morgan fingerprint density at radius 2 is 1.89 bits per heavy atom. The molecule has 3 rings (SSSR count). The third-order valence-electron chi connectivity index (χ3n) is 4.39. The predicted octanol–water partition coefficient (Wildman–Crippen LogP) is 4.58. The molecular formula is C16H11F8NO2S. The molecule has 28 heavy (non-hydrogen) atoms. The number of hydrogen-bond donors (Lipinski definition) is 1. The van der Waals surface area contributed by atoms with E-state index in [0.717, 1.165) is 10.6 Å². The fourth-order valence-electron chi connectivity index (χ4n) is 3.08. The summed E-state index contributed by atoms with van der Waals surface area (Å²) in [5.41, 5.74) is -2.92. The molecule has 12 heteroatoms. The Morgan fingerprint density at radius 1 is 1.25 bits per heavy atom. The Kier molecular flexibility index (Phi) is 5.07. The lowest BCUT2D eigenvalue weighted by Gasteiger charge is -2.29. The van der Waals surface area contributed by atoms with Crippen molar-refractivity contribution in [1.82, 2.24) is 4.57 Å². The minimum atomic E-state index is -5.06. The minimum Gasteiger partial charge on any atom is -0.382 e. The van der Waals surface area contributed by atoms with Gasteiger partial charge in [0.15, 0.2) is 0 Å². The average Bonchev–Trinajstić information content (AvgIpc) is 2.97. The number of alkyl halides is 7. The molecule has 1 aliphatic carbocycles. The number of hydrogen-bond acceptors (Lipinski definition) is 2. The highest BCUT2D eigenvalue weighted by Gasteiger charge is 2.47. The molecule has 0 saturated heterocycles. The molecule has 0 amide bonds. The summed E-state index contributed by atoms with van der Waals surface area (Å²) in [6.07, 6.45) is -8.30. The molecule has 1 aliphatic rings. The Balaban J connectivity index is 2.25. The van der Waals surface area contributed by atoms with Crippen LogP contribution in [0.15, 0.2) is 29.3 Å². The first kappa shape index (κ1) is 20.8. The van der Waals surface area contributed by atoms with E-state index in [-0.39, 0.29) is 11.4 Å². The zero-order chi connectivity index (χ0) is 21.0. The molecule has 154 valence electrons. The smallest absolute Gasteiger partial charge is 0.382 e. The van der Waals surface area contributed by atoms with Crippen molar-refractivity contribution >= 4 is 10.8 Å². The highest BCUT2D eigenvalue weighted by molar-refractivity contribution is 7.85. The highest BCUT2D eigenvalue weighted by atomic mass is 32.2. The van der Waals surface area contributed by atoms with Gasteiger partial charge in [-0.15, -0.1) is 0 Å². The van der Waals surface area contributed by atoms with Crippen LogP contribution in [0.1, 0.15) is 29.3 Å². The quantitative estimate of drug-likeness (QED) is 0.721. The second kappa shape index (κ2) is 6.83. The minimum absolute atomic E-state index is 0.192. The van der Waals surface area contributed by atoms with E-state index in [4.69, 9.17) is 0 Å². The van der Waals surface area contributed by atoms with Gasteiger partial charge in [0.25, 0.3) is 5.92 Å². The van der Waals surface area contributed by atoms with Gasteiger partial charge in [0, 0.05) is 29.6 Å². The van der Waals surface area contributed by atoms with Gasteiger partial charge in [-0.25, -0.2) is 17.4 Å². The summed E-state index contributed by atoms with van der Waals surface area (Å²) < 4.78 is 119. The van der Waals surface area contributed by atoms with Crippen LogP contribution in [0.3, 0.4) is 0 Å². The number of aliphatic hydroxyl groups excluding tert-OH is 1. The van der Waals surface area contributed by atoms with Crippen LogP contribution < -0.4 is 0 Å². The molecule has 0 bridgehead atoms. The molecule has 1 heterocycles. The van der Waals surface area contributed by atoms with Crippen LogP contribution in [0.5, 0.6) is 0 Å². The van der Waals surface area contributed by atoms with Gasteiger partial charge in [-0.3, -0.25) is 0 Å². The zero-order valence-corrected chi connectivity index (χ0v) is 14.4. The first-order chi connectivity index (χ1) is 12.8. The van der Waals surface area contributed by atoms with Crippen LogP contribution in [-0.4, -0.2) is 25.6 Å². The van der Waals surface area contributed by atoms with Crippen LogP contribution in [0.25, 0.3) is 5.69 Å². The molecule has 3 nitrogen and oxygen atoms in total. The number of benzene rings is 1. The number of fused-ring (bicyclic) bond motifs is 1. The molecule has 0 fully saturated rings. The fraction of sp³-hybridized carbons (Fsp3) is 0.375. The van der Waals surface area contributed by atoms with Gasteiger partial charge < -0.3 is 9.67 Å². The maximum Gasteiger partial charge on any atom is 0.419 e. The van der Waals surface area contributed by atoms with Gasteiger partial charge in [-0.05, 0) is 24.6 Å². The summed E-state index contributed by atoms with van der Waals surface area (Å²) in [5.74, 6) is -8.75. The third-order valence-corrected chi connectivity index (χ3v) is 5.48. The van der Waals surface area contributed by atoms with E-state index in [9.17, 15) is 44.4 Å². The molecule has 0 spiro atoms. The SMILES string of the molecule is O=[S@@](c1cn(-c2ccc(F)c(C(F)(F)F)c2)c2c1[C@H](O)C(F)(F)CC2)C(F)F. The normalized spacial score (nSPS) is 20.3. The van der Waals surface area contributed by atoms with E-state index >= 15 is 0 Å². The molecule has 1 aromatic heterocycles. The molecule has 2 atom stereocenters. The fourth-order valence-corrected chi connectivity index (χ4v) is 3.93. The number of aliphatic hydroxyl groups is 1. The lowest BCUT2D eigenvalue weighted by Crippen LogP contribution is -2.32. The van der Waals surface area contributed by atoms with Crippen molar-refractivity contribution in [3.8, 4) is 5.69 Å². The summed E-state index contributed by atoms with van der Waals surface area (Å²) in [5, 5.41) is 9.91. The third kappa shape index (κ3) is 3.43. The second-order valence-electron chi connectivity index (χ2n) is 6.11. The zero-order valence-electron chi connectivity index (χ0n) is 13.6. The van der Waals surface area contributed by atoms with Gasteiger partial charge in [0.05, 0.1) is 10.5 Å². The summed E-state index contributed by atoms with van der Waals surface area (Å²) >= 11 is 0. The Bertz CT molecular complexity index is 937. The summed E-state index contributed by atoms with van der Waals surface area (Å²) in [6.45, 7) is 0. The lowest BCUT2D eigenvalue weighted by molar-refractivity contribution is -0.140. The molecule has 0 aliphatic heterocycles. The van der Waals surface area contributed by atoms with Crippen LogP contribution in [-0.2, 0) is 23.4 Å². The Hall–Kier alpha value is -1.95. The van der Waals surface area contributed by atoms with Gasteiger partial charge >= 0.3 is 11.9 Å². The van der Waals surface area contributed by atoms with Gasteiger partial charge in [-0.1, -0.05) is 0 Å². The first-order valence-electron chi connectivity index (χ1n) is 7.70. The number of nitrogens with zero attached hydrogens (tertiary/aromatic N) is 1. The van der Waals surface area contributed by atoms with E-state index in [1.165, 1.54) is 0 Å². The van der Waals surface area contributed by atoms with E-state index in [1.807, 2.05) is 0 Å². The number of halogens is 8. The van der Waals surface area contributed by atoms with Crippen LogP contribution in [0, 0.1) is 5.82 Å². The van der Waals surface area contributed by atoms with Crippen molar-refractivity contribution in [1.29, 1.82) is 0 Å². The molecule has 0 unspecified atom stereocenters. The van der Waals surface area contributed by atoms with Crippen molar-refractivity contribution in [3.63, 3.8) is 0 Å². The topological polar surface area (TPSA) is 42.2 Å². The van der Waals surface area contributed by atoms with E-state index in [1.54, 1.807) is 0 Å². The summed E-state index contributed by atoms with van der Waals surface area (Å²) in [7, 11) is -3.10. The largest absolute Gasteiger partial charge is 0.419 e. The van der Waals surface area contributed by atoms with Crippen molar-refractivity contribution in [2.45, 2.75) is 41.7 Å². The number of rotatable bonds is 3. The molecule has 1 N–H and O–H groups in total. The molecule has 1 aromatic carbocycles. The molecule has 0 saturated carbocycles. The van der Waals surface area contributed by atoms with E-state index in [2.05, 4.69) is 0 Å². The monoisotopic (exact) mass is 433 g/mol. The predicted molar refractivity (Wildman–Crippen MR) is 81.4 cm³/mol. The van der Waals surface area contributed by atoms with Crippen LogP contribution in [0.2, 0.25) is 0 Å². The lowest BCUT2D eigenvalue weighted by atomic mass is 9.91. The van der Waals surface area contributed by atoms with Crippen LogP contribution in [0.4, 0.5) is 35.1 Å². The van der Waals surface area contributed by atoms with E-state index in [0.29, 0.717) is 18.3 Å². The average molecular weight is 433 g/mol. The summed E-state index contributed by atoms with van der Waals surface area (Å²) in [4.78, 5) is -0.810. The van der Waals surface area contributed by atoms with Crippen LogP contribution >= 0.6 is 0 Å². The van der Waals surface area contributed by atoms with Gasteiger partial charge in [-0.2, -0.15) is 22.0 Å². The number of aromatic nitrogens is 1. The van der Waals surface area contributed by atoms with Crippen molar-refractivity contribution in [2.75, 3.05) is 0 Å². The van der Waals surface area contributed by atoms with Crippen molar-refractivity contribution in [2.24, 2.45) is 0 Å². The second-order valence-corrected chi connectivity index (χ2v) is 7.50.